The molecule has 0 bridgehead atoms. The smallest absolute Gasteiger partial charge is 0.321 e. The summed E-state index contributed by atoms with van der Waals surface area (Å²) in [5, 5.41) is 6.59. The molecule has 3 aromatic rings. The predicted octanol–water partition coefficient (Wildman–Crippen LogP) is 4.83. The summed E-state index contributed by atoms with van der Waals surface area (Å²) in [5.41, 5.74) is 2.71. The highest BCUT2D eigenvalue weighted by Gasteiger charge is 2.23. The highest BCUT2D eigenvalue weighted by atomic mass is 35.5. The SMILES string of the molecule is COc1cccc(-c2csc(N3CCN(C(=O)Nc4ccc(Cl)cc4)CC3)n2)c1. The molecule has 0 spiro atoms. The van der Waals surface area contributed by atoms with E-state index in [0.717, 1.165) is 40.9 Å². The Balaban J connectivity index is 1.35. The van der Waals surface area contributed by atoms with E-state index in [2.05, 4.69) is 15.6 Å². The number of benzene rings is 2. The normalized spacial score (nSPS) is 14.0. The van der Waals surface area contributed by atoms with E-state index in [0.29, 0.717) is 18.1 Å². The predicted molar refractivity (Wildman–Crippen MR) is 118 cm³/mol. The number of carbonyl (C=O) groups excluding carboxylic acids is 1. The van der Waals surface area contributed by atoms with E-state index in [1.807, 2.05) is 29.2 Å². The van der Waals surface area contributed by atoms with Gasteiger partial charge in [0.05, 0.1) is 12.8 Å². The number of methoxy groups -OCH3 is 1. The number of rotatable bonds is 4. The fourth-order valence-corrected chi connectivity index (χ4v) is 4.18. The van der Waals surface area contributed by atoms with E-state index in [4.69, 9.17) is 21.3 Å². The Hall–Kier alpha value is -2.77. The maximum atomic E-state index is 12.5. The number of halogens is 1. The Morgan fingerprint density at radius 2 is 1.90 bits per heavy atom. The largest absolute Gasteiger partial charge is 0.497 e. The summed E-state index contributed by atoms with van der Waals surface area (Å²) in [6, 6.07) is 14.9. The van der Waals surface area contributed by atoms with E-state index >= 15 is 0 Å². The monoisotopic (exact) mass is 428 g/mol. The number of hydrogen-bond acceptors (Lipinski definition) is 5. The van der Waals surface area contributed by atoms with Crippen LogP contribution in [0.2, 0.25) is 5.02 Å². The lowest BCUT2D eigenvalue weighted by atomic mass is 10.2. The Bertz CT molecular complexity index is 984. The summed E-state index contributed by atoms with van der Waals surface area (Å²) in [5.74, 6) is 0.817. The lowest BCUT2D eigenvalue weighted by molar-refractivity contribution is 0.208. The molecule has 1 aliphatic rings. The number of amides is 2. The van der Waals surface area contributed by atoms with Crippen molar-refractivity contribution >= 4 is 39.8 Å². The molecule has 1 N–H and O–H groups in total. The summed E-state index contributed by atoms with van der Waals surface area (Å²) in [6.45, 7) is 2.79. The topological polar surface area (TPSA) is 57.7 Å². The molecule has 0 unspecified atom stereocenters. The Labute approximate surface area is 178 Å². The number of nitrogens with zero attached hydrogens (tertiary/aromatic N) is 3. The molecular formula is C21H21ClN4O2S. The van der Waals surface area contributed by atoms with Gasteiger partial charge in [0.2, 0.25) is 0 Å². The number of ether oxygens (including phenoxy) is 1. The van der Waals surface area contributed by atoms with Crippen molar-refractivity contribution in [3.63, 3.8) is 0 Å². The molecule has 2 aromatic carbocycles. The van der Waals surface area contributed by atoms with Crippen LogP contribution in [0.25, 0.3) is 11.3 Å². The minimum absolute atomic E-state index is 0.0943. The van der Waals surface area contributed by atoms with Crippen LogP contribution in [0.5, 0.6) is 5.75 Å². The number of piperazine rings is 1. The van der Waals surface area contributed by atoms with Gasteiger partial charge in [0.15, 0.2) is 5.13 Å². The Morgan fingerprint density at radius 3 is 2.62 bits per heavy atom. The summed E-state index contributed by atoms with van der Waals surface area (Å²) in [6.07, 6.45) is 0. The summed E-state index contributed by atoms with van der Waals surface area (Å²) in [7, 11) is 1.66. The van der Waals surface area contributed by atoms with Crippen molar-refractivity contribution in [3.8, 4) is 17.0 Å². The van der Waals surface area contributed by atoms with Gasteiger partial charge >= 0.3 is 6.03 Å². The minimum atomic E-state index is -0.0943. The van der Waals surface area contributed by atoms with Gasteiger partial charge in [-0.05, 0) is 36.4 Å². The first-order valence-electron chi connectivity index (χ1n) is 9.29. The van der Waals surface area contributed by atoms with Gasteiger partial charge in [-0.1, -0.05) is 23.7 Å². The van der Waals surface area contributed by atoms with Crippen LogP contribution in [0.3, 0.4) is 0 Å². The fraction of sp³-hybridized carbons (Fsp3) is 0.238. The number of thiazole rings is 1. The number of carbonyl (C=O) groups is 1. The molecule has 8 heteroatoms. The van der Waals surface area contributed by atoms with E-state index < -0.39 is 0 Å². The summed E-state index contributed by atoms with van der Waals surface area (Å²) >= 11 is 7.51. The standard InChI is InChI=1S/C21H21ClN4O2S/c1-28-18-4-2-3-15(13-18)19-14-29-21(24-19)26-11-9-25(10-12-26)20(27)23-17-7-5-16(22)6-8-17/h2-8,13-14H,9-12H2,1H3,(H,23,27). The van der Waals surface area contributed by atoms with Crippen molar-refractivity contribution in [1.82, 2.24) is 9.88 Å². The minimum Gasteiger partial charge on any atom is -0.497 e. The number of anilines is 2. The van der Waals surface area contributed by atoms with Gasteiger partial charge in [0.1, 0.15) is 5.75 Å². The average Bonchev–Trinajstić information content (AvgIpc) is 3.26. The van der Waals surface area contributed by atoms with Crippen LogP contribution in [0.1, 0.15) is 0 Å². The van der Waals surface area contributed by atoms with Gasteiger partial charge in [0, 0.05) is 47.8 Å². The lowest BCUT2D eigenvalue weighted by Gasteiger charge is -2.34. The molecule has 0 aliphatic carbocycles. The van der Waals surface area contributed by atoms with Gasteiger partial charge in [-0.25, -0.2) is 9.78 Å². The average molecular weight is 429 g/mol. The summed E-state index contributed by atoms with van der Waals surface area (Å²) in [4.78, 5) is 21.3. The quantitative estimate of drug-likeness (QED) is 0.646. The lowest BCUT2D eigenvalue weighted by Crippen LogP contribution is -2.50. The van der Waals surface area contributed by atoms with Crippen LogP contribution < -0.4 is 15.0 Å². The van der Waals surface area contributed by atoms with Crippen molar-refractivity contribution < 1.29 is 9.53 Å². The molecule has 0 saturated carbocycles. The third-order valence-electron chi connectivity index (χ3n) is 4.79. The van der Waals surface area contributed by atoms with Crippen LogP contribution in [-0.4, -0.2) is 49.2 Å². The Morgan fingerprint density at radius 1 is 1.14 bits per heavy atom. The zero-order valence-electron chi connectivity index (χ0n) is 16.0. The van der Waals surface area contributed by atoms with Gasteiger partial charge < -0.3 is 19.9 Å². The van der Waals surface area contributed by atoms with Crippen LogP contribution in [0.4, 0.5) is 15.6 Å². The third-order valence-corrected chi connectivity index (χ3v) is 5.94. The number of nitrogens with one attached hydrogen (secondary N) is 1. The van der Waals surface area contributed by atoms with Gasteiger partial charge in [-0.3, -0.25) is 0 Å². The molecule has 1 aromatic heterocycles. The fourth-order valence-electron chi connectivity index (χ4n) is 3.16. The van der Waals surface area contributed by atoms with E-state index in [9.17, 15) is 4.79 Å². The number of aromatic nitrogens is 1. The van der Waals surface area contributed by atoms with Gasteiger partial charge in [-0.2, -0.15) is 0 Å². The van der Waals surface area contributed by atoms with Crippen LogP contribution in [-0.2, 0) is 0 Å². The van der Waals surface area contributed by atoms with E-state index in [-0.39, 0.29) is 6.03 Å². The molecule has 1 aliphatic heterocycles. The molecule has 0 radical (unpaired) electrons. The van der Waals surface area contributed by atoms with E-state index in [1.165, 1.54) is 0 Å². The second kappa shape index (κ2) is 8.71. The molecule has 1 fully saturated rings. The molecular weight excluding hydrogens is 408 g/mol. The second-order valence-corrected chi connectivity index (χ2v) is 7.93. The zero-order valence-corrected chi connectivity index (χ0v) is 17.5. The van der Waals surface area contributed by atoms with Crippen molar-refractivity contribution in [2.75, 3.05) is 43.5 Å². The second-order valence-electron chi connectivity index (χ2n) is 6.66. The first kappa shape index (κ1) is 19.5. The molecule has 2 heterocycles. The summed E-state index contributed by atoms with van der Waals surface area (Å²) < 4.78 is 5.30. The molecule has 2 amide bonds. The molecule has 150 valence electrons. The van der Waals surface area contributed by atoms with Gasteiger partial charge in [0.25, 0.3) is 0 Å². The molecule has 6 nitrogen and oxygen atoms in total. The van der Waals surface area contributed by atoms with Crippen molar-refractivity contribution in [2.45, 2.75) is 0 Å². The van der Waals surface area contributed by atoms with Crippen molar-refractivity contribution in [3.05, 3.63) is 58.9 Å². The zero-order chi connectivity index (χ0) is 20.2. The van der Waals surface area contributed by atoms with Crippen LogP contribution in [0, 0.1) is 0 Å². The third kappa shape index (κ3) is 4.63. The highest BCUT2D eigenvalue weighted by molar-refractivity contribution is 7.14. The first-order valence-corrected chi connectivity index (χ1v) is 10.5. The number of hydrogen-bond donors (Lipinski definition) is 1. The van der Waals surface area contributed by atoms with Crippen LogP contribution in [0.15, 0.2) is 53.9 Å². The van der Waals surface area contributed by atoms with Gasteiger partial charge in [-0.15, -0.1) is 11.3 Å². The molecule has 4 rings (SSSR count). The molecule has 29 heavy (non-hydrogen) atoms. The maximum absolute atomic E-state index is 12.5. The van der Waals surface area contributed by atoms with Crippen molar-refractivity contribution in [1.29, 1.82) is 0 Å². The van der Waals surface area contributed by atoms with Crippen molar-refractivity contribution in [2.24, 2.45) is 0 Å². The maximum Gasteiger partial charge on any atom is 0.321 e. The van der Waals surface area contributed by atoms with E-state index in [1.54, 1.807) is 42.7 Å². The van der Waals surface area contributed by atoms with Crippen LogP contribution >= 0.6 is 22.9 Å². The molecule has 0 atom stereocenters. The highest BCUT2D eigenvalue weighted by Crippen LogP contribution is 2.30. The molecule has 1 saturated heterocycles. The Kier molecular flexibility index (Phi) is 5.87. The number of urea groups is 1. The first-order chi connectivity index (χ1) is 14.1.